The Morgan fingerprint density at radius 2 is 1.90 bits per heavy atom. The van der Waals surface area contributed by atoms with Gasteiger partial charge in [0, 0.05) is 40.6 Å². The molecule has 0 radical (unpaired) electrons. The fraction of sp³-hybridized carbons (Fsp3) is 0.324. The Balaban J connectivity index is 1.32. The van der Waals surface area contributed by atoms with Crippen LogP contribution in [0.1, 0.15) is 59.5 Å². The molecule has 1 aliphatic carbocycles. The third kappa shape index (κ3) is 6.24. The molecule has 0 N–H and O–H groups in total. The van der Waals surface area contributed by atoms with Crippen molar-refractivity contribution in [3.05, 3.63) is 101 Å². The molecule has 2 aliphatic rings. The predicted molar refractivity (Wildman–Crippen MR) is 158 cm³/mol. The first-order chi connectivity index (χ1) is 19.7. The van der Waals surface area contributed by atoms with E-state index in [9.17, 15) is 4.79 Å². The zero-order chi connectivity index (χ0) is 29.1. The van der Waals surface area contributed by atoms with E-state index in [0.717, 1.165) is 51.9 Å². The van der Waals surface area contributed by atoms with Crippen molar-refractivity contribution >= 4 is 11.5 Å². The predicted octanol–water partition coefficient (Wildman–Crippen LogP) is 7.53. The lowest BCUT2D eigenvalue weighted by Gasteiger charge is -2.21. The smallest absolute Gasteiger partial charge is 0.306 e. The summed E-state index contributed by atoms with van der Waals surface area (Å²) in [6.07, 6.45) is 7.04. The maximum absolute atomic E-state index is 15.3. The van der Waals surface area contributed by atoms with Gasteiger partial charge in [0.2, 0.25) is 0 Å². The molecule has 6 nitrogen and oxygen atoms in total. The molecule has 0 saturated heterocycles. The van der Waals surface area contributed by atoms with Crippen molar-refractivity contribution < 1.29 is 23.4 Å². The van der Waals surface area contributed by atoms with E-state index in [0.29, 0.717) is 35.9 Å². The highest BCUT2D eigenvalue weighted by atomic mass is 19.1. The van der Waals surface area contributed by atoms with Crippen LogP contribution in [-0.2, 0) is 9.53 Å². The van der Waals surface area contributed by atoms with E-state index in [1.165, 1.54) is 13.2 Å². The number of hydrogen-bond acceptors (Lipinski definition) is 6. The van der Waals surface area contributed by atoms with Crippen LogP contribution in [-0.4, -0.2) is 35.8 Å². The number of fused-ring (bicyclic) bond motifs is 1. The van der Waals surface area contributed by atoms with Crippen LogP contribution in [0, 0.1) is 20.8 Å². The highest BCUT2D eigenvalue weighted by Crippen LogP contribution is 2.40. The van der Waals surface area contributed by atoms with Crippen molar-refractivity contribution in [3.8, 4) is 22.9 Å². The summed E-state index contributed by atoms with van der Waals surface area (Å²) in [5, 5.41) is 0. The molecule has 0 bridgehead atoms. The molecule has 0 spiro atoms. The standard InChI is InChI=1S/C34H35FN2O4/c1-20-15-25(34-36-14-13-22(3)37-34)16-21(2)33(20)24-7-6-8-30(23(4)29(35)12-9-24)41-27-10-11-28-26(17-32(38)39-5)19-40-31(28)18-27/h9-16,18,26,30H,4,6-8,17,19H2,1-3,5H3/b24-9+,29-12+/t26-,30-/m1/s1. The Labute approximate surface area is 240 Å². The second-order valence-electron chi connectivity index (χ2n) is 10.7. The van der Waals surface area contributed by atoms with Crippen LogP contribution in [0.5, 0.6) is 11.5 Å². The Kier molecular flexibility index (Phi) is 8.34. The molecule has 3 aromatic rings. The number of methoxy groups -OCH3 is 1. The molecular weight excluding hydrogens is 519 g/mol. The van der Waals surface area contributed by atoms with Gasteiger partial charge in [-0.05, 0) is 92.6 Å². The van der Waals surface area contributed by atoms with Gasteiger partial charge in [0.05, 0.1) is 20.1 Å². The van der Waals surface area contributed by atoms with Gasteiger partial charge in [-0.25, -0.2) is 14.4 Å². The van der Waals surface area contributed by atoms with Crippen LogP contribution in [0.3, 0.4) is 0 Å². The van der Waals surface area contributed by atoms with Crippen LogP contribution in [0.15, 0.2) is 72.7 Å². The second kappa shape index (κ2) is 12.1. The molecule has 2 aromatic carbocycles. The Morgan fingerprint density at radius 3 is 2.63 bits per heavy atom. The normalized spacial score (nSPS) is 21.2. The molecule has 0 fully saturated rings. The number of esters is 1. The largest absolute Gasteiger partial charge is 0.492 e. The van der Waals surface area contributed by atoms with Crippen molar-refractivity contribution in [2.24, 2.45) is 0 Å². The van der Waals surface area contributed by atoms with Gasteiger partial charge in [0.15, 0.2) is 5.82 Å². The molecule has 2 atom stereocenters. The molecule has 41 heavy (non-hydrogen) atoms. The van der Waals surface area contributed by atoms with Gasteiger partial charge in [-0.1, -0.05) is 18.7 Å². The van der Waals surface area contributed by atoms with Gasteiger partial charge in [0.1, 0.15) is 23.4 Å². The van der Waals surface area contributed by atoms with Crippen LogP contribution in [0.25, 0.3) is 17.0 Å². The monoisotopic (exact) mass is 554 g/mol. The lowest BCUT2D eigenvalue weighted by Crippen LogP contribution is -2.19. The number of hydrogen-bond donors (Lipinski definition) is 0. The van der Waals surface area contributed by atoms with Crippen molar-refractivity contribution in [2.75, 3.05) is 13.7 Å². The van der Waals surface area contributed by atoms with E-state index >= 15 is 4.39 Å². The number of ether oxygens (including phenoxy) is 3. The zero-order valence-corrected chi connectivity index (χ0v) is 24.0. The topological polar surface area (TPSA) is 70.5 Å². The number of benzene rings is 2. The SMILES string of the molecule is C=C1/C(F)=C\C=C(\c2c(C)cc(-c3nccc(C)n3)cc2C)CCC[C@H]1Oc1ccc2c(c1)OC[C@H]2CC(=O)OC. The third-order valence-corrected chi connectivity index (χ3v) is 7.73. The quantitative estimate of drug-likeness (QED) is 0.293. The second-order valence-corrected chi connectivity index (χ2v) is 10.7. The number of aromatic nitrogens is 2. The number of nitrogens with zero attached hydrogens (tertiary/aromatic N) is 2. The fourth-order valence-corrected chi connectivity index (χ4v) is 5.64. The highest BCUT2D eigenvalue weighted by molar-refractivity contribution is 5.75. The first-order valence-electron chi connectivity index (χ1n) is 13.9. The van der Waals surface area contributed by atoms with Gasteiger partial charge < -0.3 is 14.2 Å². The Bertz CT molecular complexity index is 1540. The number of allylic oxidation sites excluding steroid dienone is 3. The number of carbonyl (C=O) groups excluding carboxylic acids is 1. The summed E-state index contributed by atoms with van der Waals surface area (Å²) in [5.74, 6) is 1.23. The molecule has 212 valence electrons. The number of halogens is 1. The van der Waals surface area contributed by atoms with Crippen LogP contribution in [0.2, 0.25) is 0 Å². The minimum atomic E-state index is -0.521. The molecule has 1 aliphatic heterocycles. The molecule has 5 rings (SSSR count). The summed E-state index contributed by atoms with van der Waals surface area (Å²) in [6.45, 7) is 10.5. The minimum Gasteiger partial charge on any atom is -0.492 e. The van der Waals surface area contributed by atoms with Crippen molar-refractivity contribution in [1.82, 2.24) is 9.97 Å². The van der Waals surface area contributed by atoms with Gasteiger partial charge in [-0.15, -0.1) is 0 Å². The first-order valence-corrected chi connectivity index (χ1v) is 13.9. The maximum atomic E-state index is 15.3. The Morgan fingerprint density at radius 1 is 1.12 bits per heavy atom. The zero-order valence-electron chi connectivity index (χ0n) is 24.0. The number of aryl methyl sites for hydroxylation is 3. The highest BCUT2D eigenvalue weighted by Gasteiger charge is 2.28. The lowest BCUT2D eigenvalue weighted by atomic mass is 9.90. The van der Waals surface area contributed by atoms with Gasteiger partial charge >= 0.3 is 5.97 Å². The summed E-state index contributed by atoms with van der Waals surface area (Å²) in [7, 11) is 1.38. The van der Waals surface area contributed by atoms with E-state index in [4.69, 9.17) is 14.2 Å². The van der Waals surface area contributed by atoms with Gasteiger partial charge in [-0.2, -0.15) is 0 Å². The van der Waals surface area contributed by atoms with Gasteiger partial charge in [0.25, 0.3) is 0 Å². The average Bonchev–Trinajstić information content (AvgIpc) is 3.36. The fourth-order valence-electron chi connectivity index (χ4n) is 5.64. The van der Waals surface area contributed by atoms with E-state index in [-0.39, 0.29) is 18.3 Å². The average molecular weight is 555 g/mol. The van der Waals surface area contributed by atoms with Crippen LogP contribution < -0.4 is 9.47 Å². The minimum absolute atomic E-state index is 0.0541. The molecule has 0 unspecified atom stereocenters. The Hall–Kier alpha value is -4.26. The number of rotatable bonds is 6. The van der Waals surface area contributed by atoms with Crippen molar-refractivity contribution in [3.63, 3.8) is 0 Å². The van der Waals surface area contributed by atoms with E-state index in [1.54, 1.807) is 6.20 Å². The summed E-state index contributed by atoms with van der Waals surface area (Å²) >= 11 is 0. The lowest BCUT2D eigenvalue weighted by molar-refractivity contribution is -0.141. The van der Waals surface area contributed by atoms with Gasteiger partial charge in [-0.3, -0.25) is 4.79 Å². The molecule has 1 aromatic heterocycles. The van der Waals surface area contributed by atoms with Crippen molar-refractivity contribution in [1.29, 1.82) is 0 Å². The molecule has 2 heterocycles. The summed E-state index contributed by atoms with van der Waals surface area (Å²) in [4.78, 5) is 20.7. The molecule has 7 heteroatoms. The molecule has 0 saturated carbocycles. The summed E-state index contributed by atoms with van der Waals surface area (Å²) in [6, 6.07) is 11.6. The van der Waals surface area contributed by atoms with E-state index in [1.807, 2.05) is 37.3 Å². The first kappa shape index (κ1) is 28.3. The number of carbonyl (C=O) groups is 1. The van der Waals surface area contributed by atoms with E-state index < -0.39 is 11.9 Å². The van der Waals surface area contributed by atoms with Crippen LogP contribution >= 0.6 is 0 Å². The maximum Gasteiger partial charge on any atom is 0.306 e. The van der Waals surface area contributed by atoms with E-state index in [2.05, 4.69) is 42.5 Å². The molecular formula is C34H35FN2O4. The summed E-state index contributed by atoms with van der Waals surface area (Å²) in [5.41, 5.74) is 7.53. The molecule has 0 amide bonds. The summed E-state index contributed by atoms with van der Waals surface area (Å²) < 4.78 is 32.2. The van der Waals surface area contributed by atoms with Crippen LogP contribution in [0.4, 0.5) is 4.39 Å². The van der Waals surface area contributed by atoms with Crippen molar-refractivity contribution in [2.45, 2.75) is 58.5 Å². The third-order valence-electron chi connectivity index (χ3n) is 7.73.